The molecule has 1 fully saturated rings. The molecule has 1 N–H and O–H groups in total. The Morgan fingerprint density at radius 3 is 2.66 bits per heavy atom. The van der Waals surface area contributed by atoms with Gasteiger partial charge in [0.15, 0.2) is 11.4 Å². The van der Waals surface area contributed by atoms with E-state index in [0.29, 0.717) is 13.0 Å². The molecular formula is C20H23FN4O3S. The third-order valence-electron chi connectivity index (χ3n) is 5.08. The predicted molar refractivity (Wildman–Crippen MR) is 109 cm³/mol. The number of rotatable bonds is 7. The Bertz CT molecular complexity index is 1080. The van der Waals surface area contributed by atoms with Crippen molar-refractivity contribution in [2.75, 3.05) is 44.2 Å². The summed E-state index contributed by atoms with van der Waals surface area (Å²) in [6.45, 7) is 4.53. The second-order valence-corrected chi connectivity index (χ2v) is 8.81. The van der Waals surface area contributed by atoms with Crippen LogP contribution in [-0.4, -0.2) is 57.7 Å². The number of piperazine rings is 1. The molecule has 0 spiro atoms. The fraction of sp³-hybridized carbons (Fsp3) is 0.350. The topological polar surface area (TPSA) is 78.7 Å². The van der Waals surface area contributed by atoms with Crippen molar-refractivity contribution >= 4 is 26.8 Å². The molecule has 0 saturated carbocycles. The number of nitrogens with one attached hydrogen (secondary N) is 1. The van der Waals surface area contributed by atoms with Gasteiger partial charge in [-0.25, -0.2) is 17.5 Å². The monoisotopic (exact) mass is 418 g/mol. The maximum Gasteiger partial charge on any atom is 0.240 e. The SMILES string of the molecule is O=S(=O)(NCCCN1CCN(c2noc3ccccc23)CC1)c1cccc(F)c1. The fourth-order valence-electron chi connectivity index (χ4n) is 3.51. The van der Waals surface area contributed by atoms with Crippen molar-refractivity contribution in [2.45, 2.75) is 11.3 Å². The lowest BCUT2D eigenvalue weighted by Gasteiger charge is -2.34. The first-order chi connectivity index (χ1) is 14.0. The number of aromatic nitrogens is 1. The van der Waals surface area contributed by atoms with Crippen LogP contribution in [0.5, 0.6) is 0 Å². The van der Waals surface area contributed by atoms with E-state index in [0.717, 1.165) is 55.6 Å². The fourth-order valence-corrected chi connectivity index (χ4v) is 4.62. The van der Waals surface area contributed by atoms with Crippen molar-refractivity contribution in [1.82, 2.24) is 14.8 Å². The molecule has 0 aliphatic carbocycles. The van der Waals surface area contributed by atoms with Gasteiger partial charge in [0.25, 0.3) is 0 Å². The van der Waals surface area contributed by atoms with Crippen LogP contribution < -0.4 is 9.62 Å². The van der Waals surface area contributed by atoms with E-state index < -0.39 is 15.8 Å². The summed E-state index contributed by atoms with van der Waals surface area (Å²) >= 11 is 0. The molecule has 1 aliphatic rings. The van der Waals surface area contributed by atoms with E-state index in [1.807, 2.05) is 24.3 Å². The molecule has 0 atom stereocenters. The highest BCUT2D eigenvalue weighted by molar-refractivity contribution is 7.89. The number of nitrogens with zero attached hydrogens (tertiary/aromatic N) is 3. The highest BCUT2D eigenvalue weighted by Crippen LogP contribution is 2.26. The summed E-state index contributed by atoms with van der Waals surface area (Å²) in [7, 11) is -3.68. The van der Waals surface area contributed by atoms with Gasteiger partial charge in [0.1, 0.15) is 5.82 Å². The molecule has 0 unspecified atom stereocenters. The molecule has 2 heterocycles. The summed E-state index contributed by atoms with van der Waals surface area (Å²) in [6, 6.07) is 12.8. The summed E-state index contributed by atoms with van der Waals surface area (Å²) < 4.78 is 45.6. The minimum Gasteiger partial charge on any atom is -0.354 e. The molecule has 4 rings (SSSR count). The summed E-state index contributed by atoms with van der Waals surface area (Å²) in [6.07, 6.45) is 0.682. The highest BCUT2D eigenvalue weighted by Gasteiger charge is 2.21. The lowest BCUT2D eigenvalue weighted by atomic mass is 10.2. The average Bonchev–Trinajstić information content (AvgIpc) is 3.16. The molecule has 154 valence electrons. The number of hydrogen-bond donors (Lipinski definition) is 1. The van der Waals surface area contributed by atoms with Crippen LogP contribution >= 0.6 is 0 Å². The van der Waals surface area contributed by atoms with Crippen LogP contribution in [0.25, 0.3) is 11.0 Å². The Morgan fingerprint density at radius 1 is 1.07 bits per heavy atom. The third kappa shape index (κ3) is 4.58. The molecular weight excluding hydrogens is 395 g/mol. The lowest BCUT2D eigenvalue weighted by Crippen LogP contribution is -2.47. The van der Waals surface area contributed by atoms with E-state index in [1.165, 1.54) is 18.2 Å². The van der Waals surface area contributed by atoms with Gasteiger partial charge >= 0.3 is 0 Å². The maximum atomic E-state index is 13.2. The zero-order valence-electron chi connectivity index (χ0n) is 15.9. The third-order valence-corrected chi connectivity index (χ3v) is 6.54. The van der Waals surface area contributed by atoms with Crippen LogP contribution in [0.4, 0.5) is 10.2 Å². The highest BCUT2D eigenvalue weighted by atomic mass is 32.2. The van der Waals surface area contributed by atoms with Crippen molar-refractivity contribution in [3.05, 3.63) is 54.3 Å². The standard InChI is InChI=1S/C20H23FN4O3S/c21-16-5-3-6-17(15-16)29(26,27)22-9-4-10-24-11-13-25(14-12-24)20-18-7-1-2-8-19(18)28-23-20/h1-3,5-8,15,22H,4,9-14H2. The van der Waals surface area contributed by atoms with Crippen molar-refractivity contribution in [3.63, 3.8) is 0 Å². The summed E-state index contributed by atoms with van der Waals surface area (Å²) in [5, 5.41) is 5.23. The number of hydrogen-bond acceptors (Lipinski definition) is 6. The van der Waals surface area contributed by atoms with Gasteiger partial charge in [-0.2, -0.15) is 0 Å². The van der Waals surface area contributed by atoms with Crippen molar-refractivity contribution in [2.24, 2.45) is 0 Å². The van der Waals surface area contributed by atoms with Gasteiger partial charge in [0, 0.05) is 32.7 Å². The molecule has 29 heavy (non-hydrogen) atoms. The molecule has 9 heteroatoms. The van der Waals surface area contributed by atoms with Gasteiger partial charge < -0.3 is 9.42 Å². The number of benzene rings is 2. The summed E-state index contributed by atoms with van der Waals surface area (Å²) in [5.74, 6) is 0.314. The molecule has 0 amide bonds. The second-order valence-electron chi connectivity index (χ2n) is 7.04. The average molecular weight is 418 g/mol. The molecule has 7 nitrogen and oxygen atoms in total. The zero-order valence-corrected chi connectivity index (χ0v) is 16.7. The van der Waals surface area contributed by atoms with Crippen LogP contribution in [0.15, 0.2) is 57.9 Å². The van der Waals surface area contributed by atoms with Crippen LogP contribution in [0.1, 0.15) is 6.42 Å². The van der Waals surface area contributed by atoms with Crippen LogP contribution in [0.3, 0.4) is 0 Å². The molecule has 0 radical (unpaired) electrons. The maximum absolute atomic E-state index is 13.2. The molecule has 3 aromatic rings. The van der Waals surface area contributed by atoms with Crippen LogP contribution in [0, 0.1) is 5.82 Å². The molecule has 1 saturated heterocycles. The van der Waals surface area contributed by atoms with Gasteiger partial charge in [-0.15, -0.1) is 0 Å². The molecule has 2 aromatic carbocycles. The number of para-hydroxylation sites is 1. The Balaban J connectivity index is 1.23. The minimum absolute atomic E-state index is 0.0500. The summed E-state index contributed by atoms with van der Waals surface area (Å²) in [5.41, 5.74) is 0.788. The van der Waals surface area contributed by atoms with E-state index in [1.54, 1.807) is 0 Å². The quantitative estimate of drug-likeness (QED) is 0.594. The van der Waals surface area contributed by atoms with Gasteiger partial charge in [-0.05, 0) is 43.3 Å². The Kier molecular flexibility index (Phi) is 5.79. The van der Waals surface area contributed by atoms with Crippen molar-refractivity contribution in [3.8, 4) is 0 Å². The number of anilines is 1. The first-order valence-electron chi connectivity index (χ1n) is 9.60. The number of sulfonamides is 1. The first kappa shape index (κ1) is 19.8. The molecule has 1 aromatic heterocycles. The largest absolute Gasteiger partial charge is 0.354 e. The van der Waals surface area contributed by atoms with Gasteiger partial charge in [0.2, 0.25) is 10.0 Å². The molecule has 0 bridgehead atoms. The van der Waals surface area contributed by atoms with Gasteiger partial charge in [0.05, 0.1) is 10.3 Å². The van der Waals surface area contributed by atoms with E-state index in [2.05, 4.69) is 19.7 Å². The Hall–Kier alpha value is -2.49. The van der Waals surface area contributed by atoms with Crippen LogP contribution in [-0.2, 0) is 10.0 Å². The van der Waals surface area contributed by atoms with Gasteiger partial charge in [-0.3, -0.25) is 4.90 Å². The number of fused-ring (bicyclic) bond motifs is 1. The Morgan fingerprint density at radius 2 is 1.86 bits per heavy atom. The smallest absolute Gasteiger partial charge is 0.240 e. The normalized spacial score (nSPS) is 15.8. The van der Waals surface area contributed by atoms with Crippen molar-refractivity contribution < 1.29 is 17.3 Å². The Labute approximate surface area is 169 Å². The molecule has 1 aliphatic heterocycles. The number of halogens is 1. The van der Waals surface area contributed by atoms with Crippen LogP contribution in [0.2, 0.25) is 0 Å². The summed E-state index contributed by atoms with van der Waals surface area (Å²) in [4.78, 5) is 4.47. The first-order valence-corrected chi connectivity index (χ1v) is 11.1. The van der Waals surface area contributed by atoms with E-state index in [9.17, 15) is 12.8 Å². The second kappa shape index (κ2) is 8.48. The zero-order chi connectivity index (χ0) is 20.3. The van der Waals surface area contributed by atoms with Gasteiger partial charge in [-0.1, -0.05) is 23.4 Å². The van der Waals surface area contributed by atoms with E-state index in [-0.39, 0.29) is 4.90 Å². The lowest BCUT2D eigenvalue weighted by molar-refractivity contribution is 0.254. The van der Waals surface area contributed by atoms with E-state index >= 15 is 0 Å². The predicted octanol–water partition coefficient (Wildman–Crippen LogP) is 2.46. The van der Waals surface area contributed by atoms with Crippen molar-refractivity contribution in [1.29, 1.82) is 0 Å². The minimum atomic E-state index is -3.68. The van der Waals surface area contributed by atoms with E-state index in [4.69, 9.17) is 4.52 Å².